The number of nitrogens with one attached hydrogen (secondary N) is 3. The summed E-state index contributed by atoms with van der Waals surface area (Å²) >= 11 is 0. The third-order valence-corrected chi connectivity index (χ3v) is 6.80. The van der Waals surface area contributed by atoms with Gasteiger partial charge in [0.05, 0.1) is 36.5 Å². The Bertz CT molecular complexity index is 1270. The normalized spacial score (nSPS) is 14.5. The molecule has 0 atom stereocenters. The van der Waals surface area contributed by atoms with Crippen LogP contribution in [0, 0.1) is 0 Å². The van der Waals surface area contributed by atoms with Crippen LogP contribution >= 0.6 is 0 Å². The van der Waals surface area contributed by atoms with Crippen molar-refractivity contribution in [1.29, 1.82) is 0 Å². The van der Waals surface area contributed by atoms with Crippen molar-refractivity contribution in [1.82, 2.24) is 20.3 Å². The molecule has 3 N–H and O–H groups in total. The molecule has 0 spiro atoms. The number of carbonyl (C=O) groups excluding carboxylic acids is 1. The van der Waals surface area contributed by atoms with Crippen molar-refractivity contribution in [3.63, 3.8) is 0 Å². The summed E-state index contributed by atoms with van der Waals surface area (Å²) in [6, 6.07) is 10.8. The zero-order valence-electron chi connectivity index (χ0n) is 20.2. The van der Waals surface area contributed by atoms with Crippen LogP contribution in [0.3, 0.4) is 0 Å². The fourth-order valence-corrected chi connectivity index (χ4v) is 4.74. The number of imidazole rings is 1. The molecule has 1 fully saturated rings. The molecule has 0 bridgehead atoms. The van der Waals surface area contributed by atoms with E-state index in [2.05, 4.69) is 30.6 Å². The number of fused-ring (bicyclic) bond motifs is 1. The second-order valence-corrected chi connectivity index (χ2v) is 9.50. The summed E-state index contributed by atoms with van der Waals surface area (Å²) in [6.45, 7) is 6.42. The molecule has 1 aliphatic heterocycles. The first-order valence-electron chi connectivity index (χ1n) is 11.6. The summed E-state index contributed by atoms with van der Waals surface area (Å²) < 4.78 is 41.5. The molecule has 3 aromatic rings. The summed E-state index contributed by atoms with van der Waals surface area (Å²) in [5.74, 6) is 0.339. The van der Waals surface area contributed by atoms with E-state index in [0.717, 1.165) is 25.3 Å². The van der Waals surface area contributed by atoms with Crippen molar-refractivity contribution in [2.75, 3.05) is 63.4 Å². The van der Waals surface area contributed by atoms with Crippen LogP contribution < -0.4 is 19.8 Å². The van der Waals surface area contributed by atoms with Crippen LogP contribution in [-0.4, -0.2) is 82.5 Å². The van der Waals surface area contributed by atoms with Gasteiger partial charge in [0.1, 0.15) is 10.6 Å². The van der Waals surface area contributed by atoms with Gasteiger partial charge in [-0.05, 0) is 43.3 Å². The van der Waals surface area contributed by atoms with Crippen molar-refractivity contribution in [2.45, 2.75) is 11.8 Å². The molecule has 0 aliphatic carbocycles. The van der Waals surface area contributed by atoms with Crippen LogP contribution in [0.15, 0.2) is 47.4 Å². The van der Waals surface area contributed by atoms with Gasteiger partial charge in [-0.25, -0.2) is 14.8 Å². The average Bonchev–Trinajstić information content (AvgIpc) is 3.27. The van der Waals surface area contributed by atoms with Gasteiger partial charge in [0.2, 0.25) is 5.95 Å². The first-order chi connectivity index (χ1) is 17.4. The Morgan fingerprint density at radius 1 is 1.19 bits per heavy atom. The lowest BCUT2D eigenvalue weighted by Crippen LogP contribution is -2.49. The lowest BCUT2D eigenvalue weighted by Gasteiger charge is -2.38. The third kappa shape index (κ3) is 6.23. The van der Waals surface area contributed by atoms with Crippen LogP contribution in [0.1, 0.15) is 6.92 Å². The number of hydrogen-bond donors (Lipinski definition) is 3. The predicted molar refractivity (Wildman–Crippen MR) is 135 cm³/mol. The predicted octanol–water partition coefficient (Wildman–Crippen LogP) is 2.17. The number of anilines is 2. The van der Waals surface area contributed by atoms with Crippen molar-refractivity contribution >= 4 is 38.8 Å². The third-order valence-electron chi connectivity index (χ3n) is 5.53. The van der Waals surface area contributed by atoms with Crippen molar-refractivity contribution in [3.05, 3.63) is 42.5 Å². The topological polar surface area (TPSA) is 138 Å². The zero-order chi connectivity index (χ0) is 25.5. The highest BCUT2D eigenvalue weighted by Crippen LogP contribution is 2.26. The highest BCUT2D eigenvalue weighted by molar-refractivity contribution is 7.87. The Kier molecular flexibility index (Phi) is 8.25. The number of amides is 2. The van der Waals surface area contributed by atoms with E-state index in [-0.39, 0.29) is 16.6 Å². The number of nitrogens with zero attached hydrogens (tertiary/aromatic N) is 3. The van der Waals surface area contributed by atoms with Gasteiger partial charge < -0.3 is 29.0 Å². The number of H-pyrrole nitrogens is 1. The Labute approximate surface area is 209 Å². The Balaban J connectivity index is 1.43. The summed E-state index contributed by atoms with van der Waals surface area (Å²) in [6.07, 6.45) is 0. The molecule has 1 saturated heterocycles. The number of carbonyl (C=O) groups is 1. The Morgan fingerprint density at radius 2 is 1.94 bits per heavy atom. The van der Waals surface area contributed by atoms with Gasteiger partial charge in [-0.3, -0.25) is 5.32 Å². The summed E-state index contributed by atoms with van der Waals surface area (Å²) in [5, 5.41) is 9.50. The minimum Gasteiger partial charge on any atom is -0.383 e. The Morgan fingerprint density at radius 3 is 2.64 bits per heavy atom. The maximum absolute atomic E-state index is 12.9. The molecule has 12 nitrogen and oxygen atoms in total. The van der Waals surface area contributed by atoms with Gasteiger partial charge in [0.15, 0.2) is 0 Å². The largest absolute Gasteiger partial charge is 0.383 e. The van der Waals surface area contributed by atoms with E-state index in [1.807, 2.05) is 6.92 Å². The second-order valence-electron chi connectivity index (χ2n) is 7.95. The molecule has 0 unspecified atom stereocenters. The molecule has 4 rings (SSSR count). The molecule has 194 valence electrons. The van der Waals surface area contributed by atoms with Gasteiger partial charge in [-0.2, -0.15) is 8.42 Å². The summed E-state index contributed by atoms with van der Waals surface area (Å²) in [7, 11) is -2.52. The van der Waals surface area contributed by atoms with E-state index >= 15 is 0 Å². The van der Waals surface area contributed by atoms with E-state index in [9.17, 15) is 13.2 Å². The second kappa shape index (κ2) is 11.6. The SMILES string of the molecule is CCN(c1ccc(S(=O)(=O)Oc2ccc3nc(NC(=O)NCCOC)[nH]c3c2)cc1)N1CCOCC1. The van der Waals surface area contributed by atoms with Gasteiger partial charge in [-0.15, -0.1) is 0 Å². The molecular formula is C23H30N6O6S. The van der Waals surface area contributed by atoms with Gasteiger partial charge in [-0.1, -0.05) is 0 Å². The number of urea groups is 1. The number of aromatic amines is 1. The van der Waals surface area contributed by atoms with E-state index in [1.54, 1.807) is 25.3 Å². The van der Waals surface area contributed by atoms with Gasteiger partial charge >= 0.3 is 16.1 Å². The van der Waals surface area contributed by atoms with Crippen molar-refractivity contribution in [3.8, 4) is 5.75 Å². The van der Waals surface area contributed by atoms with Crippen LogP contribution in [0.25, 0.3) is 11.0 Å². The standard InChI is InChI=1S/C23H30N6O6S/c1-3-29(28-11-14-34-15-12-28)17-4-7-19(8-5-17)36(31,32)35-18-6-9-20-21(16-18)26-22(25-20)27-23(30)24-10-13-33-2/h4-9,16H,3,10-15H2,1-2H3,(H3,24,25,26,27,30). The highest BCUT2D eigenvalue weighted by Gasteiger charge is 2.21. The number of aromatic nitrogens is 2. The number of ether oxygens (including phenoxy) is 2. The minimum atomic E-state index is -4.06. The van der Waals surface area contributed by atoms with E-state index in [0.29, 0.717) is 37.4 Å². The fourth-order valence-electron chi connectivity index (χ4n) is 3.82. The highest BCUT2D eigenvalue weighted by atomic mass is 32.2. The number of benzene rings is 2. The minimum absolute atomic E-state index is 0.0454. The zero-order valence-corrected chi connectivity index (χ0v) is 21.0. The molecule has 1 aliphatic rings. The molecule has 0 saturated carbocycles. The molecule has 0 radical (unpaired) electrons. The lowest BCUT2D eigenvalue weighted by atomic mass is 10.3. The number of rotatable bonds is 10. The molecule has 2 heterocycles. The van der Waals surface area contributed by atoms with E-state index < -0.39 is 16.1 Å². The fraction of sp³-hybridized carbons (Fsp3) is 0.391. The van der Waals surface area contributed by atoms with Crippen LogP contribution in [-0.2, 0) is 19.6 Å². The number of morpholine rings is 1. The first-order valence-corrected chi connectivity index (χ1v) is 13.0. The summed E-state index contributed by atoms with van der Waals surface area (Å²) in [4.78, 5) is 19.1. The summed E-state index contributed by atoms with van der Waals surface area (Å²) in [5.41, 5.74) is 1.94. The van der Waals surface area contributed by atoms with E-state index in [1.165, 1.54) is 24.3 Å². The number of methoxy groups -OCH3 is 1. The van der Waals surface area contributed by atoms with Crippen molar-refractivity contribution < 1.29 is 26.9 Å². The monoisotopic (exact) mass is 518 g/mol. The average molecular weight is 519 g/mol. The van der Waals surface area contributed by atoms with E-state index in [4.69, 9.17) is 13.7 Å². The van der Waals surface area contributed by atoms with Gasteiger partial charge in [0.25, 0.3) is 0 Å². The molecule has 13 heteroatoms. The van der Waals surface area contributed by atoms with Gasteiger partial charge in [0, 0.05) is 39.4 Å². The Hall–Kier alpha value is -3.39. The van der Waals surface area contributed by atoms with Crippen molar-refractivity contribution in [2.24, 2.45) is 0 Å². The van der Waals surface area contributed by atoms with Crippen LogP contribution in [0.5, 0.6) is 5.75 Å². The molecule has 36 heavy (non-hydrogen) atoms. The molecule has 2 amide bonds. The van der Waals surface area contributed by atoms with Crippen LogP contribution in [0.4, 0.5) is 16.4 Å². The molecular weight excluding hydrogens is 488 g/mol. The lowest BCUT2D eigenvalue weighted by molar-refractivity contribution is 0.0322. The molecule has 1 aromatic heterocycles. The molecule has 2 aromatic carbocycles. The quantitative estimate of drug-likeness (QED) is 0.272. The number of hydrogen-bond acceptors (Lipinski definition) is 9. The first kappa shape index (κ1) is 25.7. The maximum Gasteiger partial charge on any atom is 0.339 e. The van der Waals surface area contributed by atoms with Crippen LogP contribution in [0.2, 0.25) is 0 Å². The smallest absolute Gasteiger partial charge is 0.339 e. The number of hydrazine groups is 1. The maximum atomic E-state index is 12.9.